The molecule has 0 amide bonds. The molecule has 3 atom stereocenters. The number of rotatable bonds is 4. The van der Waals surface area contributed by atoms with Crippen molar-refractivity contribution >= 4 is 5.71 Å². The Labute approximate surface area is 138 Å². The van der Waals surface area contributed by atoms with Crippen LogP contribution in [0, 0.1) is 11.8 Å². The van der Waals surface area contributed by atoms with Crippen molar-refractivity contribution in [2.45, 2.75) is 38.0 Å². The topological polar surface area (TPSA) is 40.0 Å². The summed E-state index contributed by atoms with van der Waals surface area (Å²) in [4.78, 5) is 5.13. The summed E-state index contributed by atoms with van der Waals surface area (Å²) >= 11 is 0. The maximum atomic E-state index is 5.51. The van der Waals surface area contributed by atoms with E-state index in [4.69, 9.17) is 14.3 Å². The van der Waals surface area contributed by atoms with Gasteiger partial charge in [-0.25, -0.2) is 0 Å². The molecule has 4 nitrogen and oxygen atoms in total. The maximum absolute atomic E-state index is 5.51. The summed E-state index contributed by atoms with van der Waals surface area (Å²) in [5.74, 6) is 2.01. The Kier molecular flexibility index (Phi) is 4.62. The van der Waals surface area contributed by atoms with Crippen molar-refractivity contribution in [2.24, 2.45) is 17.0 Å². The number of nitrogens with zero attached hydrogens (tertiary/aromatic N) is 1. The average Bonchev–Trinajstić information content (AvgIpc) is 2.56. The molecule has 1 aromatic carbocycles. The zero-order valence-corrected chi connectivity index (χ0v) is 14.6. The van der Waals surface area contributed by atoms with Gasteiger partial charge in [0.1, 0.15) is 12.9 Å². The molecule has 0 saturated heterocycles. The van der Waals surface area contributed by atoms with Crippen LogP contribution in [0.15, 0.2) is 23.4 Å². The smallest absolute Gasteiger partial charge is 0.119 e. The fraction of sp³-hybridized carbons (Fsp3) is 0.632. The van der Waals surface area contributed by atoms with Gasteiger partial charge in [-0.3, -0.25) is 0 Å². The van der Waals surface area contributed by atoms with Crippen molar-refractivity contribution < 1.29 is 14.3 Å². The van der Waals surface area contributed by atoms with Gasteiger partial charge in [-0.05, 0) is 60.3 Å². The summed E-state index contributed by atoms with van der Waals surface area (Å²) in [6.45, 7) is 3.22. The van der Waals surface area contributed by atoms with Gasteiger partial charge in [-0.2, -0.15) is 0 Å². The molecule has 1 fully saturated rings. The summed E-state index contributed by atoms with van der Waals surface area (Å²) in [6.07, 6.45) is 4.64. The van der Waals surface area contributed by atoms with E-state index in [2.05, 4.69) is 24.2 Å². The van der Waals surface area contributed by atoms with Crippen LogP contribution in [0.1, 0.15) is 43.7 Å². The highest BCUT2D eigenvalue weighted by Gasteiger charge is 2.48. The molecule has 1 saturated carbocycles. The molecule has 0 N–H and O–H groups in total. The van der Waals surface area contributed by atoms with Crippen molar-refractivity contribution in [1.82, 2.24) is 0 Å². The van der Waals surface area contributed by atoms with Gasteiger partial charge < -0.3 is 14.3 Å². The fourth-order valence-electron chi connectivity index (χ4n) is 4.67. The first-order chi connectivity index (χ1) is 11.1. The number of hydrogen-bond acceptors (Lipinski definition) is 4. The molecule has 0 aliphatic heterocycles. The molecule has 4 heteroatoms. The molecule has 0 aromatic heterocycles. The number of oxime groups is 1. The summed E-state index contributed by atoms with van der Waals surface area (Å²) < 4.78 is 11.0. The lowest BCUT2D eigenvalue weighted by molar-refractivity contribution is 0.0513. The maximum Gasteiger partial charge on any atom is 0.119 e. The lowest BCUT2D eigenvalue weighted by atomic mass is 9.54. The van der Waals surface area contributed by atoms with Crippen molar-refractivity contribution in [2.75, 3.05) is 27.9 Å². The molecule has 2 aliphatic carbocycles. The van der Waals surface area contributed by atoms with Gasteiger partial charge in [-0.15, -0.1) is 0 Å². The Morgan fingerprint density at radius 2 is 2.09 bits per heavy atom. The number of fused-ring (bicyclic) bond motifs is 3. The minimum Gasteiger partial charge on any atom is -0.497 e. The highest BCUT2D eigenvalue weighted by Crippen LogP contribution is 2.52. The van der Waals surface area contributed by atoms with Gasteiger partial charge in [0.25, 0.3) is 0 Å². The highest BCUT2D eigenvalue weighted by atomic mass is 16.6. The van der Waals surface area contributed by atoms with Crippen molar-refractivity contribution in [3.63, 3.8) is 0 Å². The quantitative estimate of drug-likeness (QED) is 0.794. The molecule has 23 heavy (non-hydrogen) atoms. The Morgan fingerprint density at radius 1 is 1.26 bits per heavy atom. The van der Waals surface area contributed by atoms with E-state index in [-0.39, 0.29) is 5.41 Å². The molecular weight excluding hydrogens is 290 g/mol. The van der Waals surface area contributed by atoms with E-state index in [1.165, 1.54) is 30.4 Å². The third-order valence-corrected chi connectivity index (χ3v) is 5.81. The standard InChI is InChI=1S/C19H27NO3/c1-19-9-5-6-13(12-21-2)16(19)11-18(20-23-4)15-8-7-14(22-3)10-17(15)19/h7-8,10,13,16H,5-6,9,11-12H2,1-4H3/b20-18-/t13-,16?,19+/m1/s1. The van der Waals surface area contributed by atoms with Crippen molar-refractivity contribution in [1.29, 1.82) is 0 Å². The summed E-state index contributed by atoms with van der Waals surface area (Å²) in [6, 6.07) is 6.35. The Hall–Kier alpha value is -1.55. The molecule has 3 rings (SSSR count). The summed E-state index contributed by atoms with van der Waals surface area (Å²) in [5, 5.41) is 4.33. The van der Waals surface area contributed by atoms with Crippen LogP contribution < -0.4 is 4.74 Å². The normalized spacial score (nSPS) is 31.4. The Morgan fingerprint density at radius 3 is 2.78 bits per heavy atom. The van der Waals surface area contributed by atoms with E-state index in [0.717, 1.165) is 24.5 Å². The minimum atomic E-state index is 0.151. The van der Waals surface area contributed by atoms with E-state index >= 15 is 0 Å². The van der Waals surface area contributed by atoms with Crippen LogP contribution in [-0.4, -0.2) is 33.6 Å². The van der Waals surface area contributed by atoms with Gasteiger partial charge in [-0.1, -0.05) is 18.5 Å². The van der Waals surface area contributed by atoms with Gasteiger partial charge in [0.15, 0.2) is 0 Å². The third-order valence-electron chi connectivity index (χ3n) is 5.81. The van der Waals surface area contributed by atoms with E-state index in [0.29, 0.717) is 11.8 Å². The van der Waals surface area contributed by atoms with Crippen LogP contribution in [0.3, 0.4) is 0 Å². The molecular formula is C19H27NO3. The monoisotopic (exact) mass is 317 g/mol. The van der Waals surface area contributed by atoms with Crippen molar-refractivity contribution in [3.05, 3.63) is 29.3 Å². The molecule has 126 valence electrons. The second-order valence-electron chi connectivity index (χ2n) is 6.97. The summed E-state index contributed by atoms with van der Waals surface area (Å²) in [5.41, 5.74) is 3.77. The van der Waals surface area contributed by atoms with Gasteiger partial charge >= 0.3 is 0 Å². The van der Waals surface area contributed by atoms with E-state index in [9.17, 15) is 0 Å². The van der Waals surface area contributed by atoms with Crippen molar-refractivity contribution in [3.8, 4) is 5.75 Å². The first-order valence-corrected chi connectivity index (χ1v) is 8.42. The molecule has 0 spiro atoms. The second kappa shape index (κ2) is 6.52. The first kappa shape index (κ1) is 16.3. The molecule has 1 aromatic rings. The third kappa shape index (κ3) is 2.74. The fourth-order valence-corrected chi connectivity index (χ4v) is 4.67. The second-order valence-corrected chi connectivity index (χ2v) is 6.97. The van der Waals surface area contributed by atoms with Crippen LogP contribution in [-0.2, 0) is 15.0 Å². The molecule has 2 aliphatic rings. The highest BCUT2D eigenvalue weighted by molar-refractivity contribution is 6.03. The average molecular weight is 317 g/mol. The number of benzene rings is 1. The lowest BCUT2D eigenvalue weighted by Gasteiger charge is -2.50. The van der Waals surface area contributed by atoms with E-state index < -0.39 is 0 Å². The van der Waals surface area contributed by atoms with Crippen LogP contribution >= 0.6 is 0 Å². The first-order valence-electron chi connectivity index (χ1n) is 8.42. The number of methoxy groups -OCH3 is 2. The van der Waals surface area contributed by atoms with Gasteiger partial charge in [0, 0.05) is 19.3 Å². The van der Waals surface area contributed by atoms with E-state index in [1.807, 2.05) is 6.07 Å². The van der Waals surface area contributed by atoms with Crippen LogP contribution in [0.5, 0.6) is 5.75 Å². The largest absolute Gasteiger partial charge is 0.497 e. The van der Waals surface area contributed by atoms with Gasteiger partial charge in [0.2, 0.25) is 0 Å². The molecule has 0 radical (unpaired) electrons. The Bertz CT molecular complexity index is 596. The number of hydrogen-bond donors (Lipinski definition) is 0. The van der Waals surface area contributed by atoms with Crippen LogP contribution in [0.2, 0.25) is 0 Å². The predicted molar refractivity (Wildman–Crippen MR) is 91.2 cm³/mol. The number of ether oxygens (including phenoxy) is 2. The SMILES string of the molecule is COC[C@H]1CCC[C@]2(C)c3cc(OC)ccc3/C(=N\OC)CC12. The zero-order valence-electron chi connectivity index (χ0n) is 14.6. The van der Waals surface area contributed by atoms with E-state index in [1.54, 1.807) is 21.3 Å². The Balaban J connectivity index is 2.12. The summed E-state index contributed by atoms with van der Waals surface area (Å²) in [7, 11) is 5.15. The molecule has 0 bridgehead atoms. The zero-order chi connectivity index (χ0) is 16.4. The minimum absolute atomic E-state index is 0.151. The lowest BCUT2D eigenvalue weighted by Crippen LogP contribution is -2.47. The van der Waals surface area contributed by atoms with Crippen LogP contribution in [0.25, 0.3) is 0 Å². The molecule has 1 unspecified atom stereocenters. The van der Waals surface area contributed by atoms with Gasteiger partial charge in [0.05, 0.1) is 12.8 Å². The predicted octanol–water partition coefficient (Wildman–Crippen LogP) is 3.77. The van der Waals surface area contributed by atoms with Crippen LogP contribution in [0.4, 0.5) is 0 Å². The molecule has 0 heterocycles.